The maximum absolute atomic E-state index is 2.55. The van der Waals surface area contributed by atoms with Gasteiger partial charge in [-0.05, 0) is 59.3 Å². The summed E-state index contributed by atoms with van der Waals surface area (Å²) in [5.41, 5.74) is 9.01. The first-order chi connectivity index (χ1) is 11.0. The molecular formula is C22H24Si. The lowest BCUT2D eigenvalue weighted by Crippen LogP contribution is -2.57. The largest absolute Gasteiger partial charge is 0.113 e. The van der Waals surface area contributed by atoms with Gasteiger partial charge in [-0.2, -0.15) is 0 Å². The Morgan fingerprint density at radius 2 is 1.13 bits per heavy atom. The molecule has 0 radical (unpaired) electrons. The fourth-order valence-corrected chi connectivity index (χ4v) is 9.18. The van der Waals surface area contributed by atoms with Gasteiger partial charge in [0.2, 0.25) is 0 Å². The highest BCUT2D eigenvalue weighted by Gasteiger charge is 2.35. The van der Waals surface area contributed by atoms with Crippen molar-refractivity contribution in [1.82, 2.24) is 0 Å². The molecule has 1 heteroatoms. The van der Waals surface area contributed by atoms with Crippen LogP contribution >= 0.6 is 0 Å². The van der Waals surface area contributed by atoms with Gasteiger partial charge in [0.25, 0.3) is 0 Å². The molecule has 2 aliphatic rings. The van der Waals surface area contributed by atoms with E-state index >= 15 is 0 Å². The van der Waals surface area contributed by atoms with Gasteiger partial charge in [0.05, 0.1) is 0 Å². The standard InChI is InChI=1S/C22H24Si/c1-15-11-13-17-7-5-9-19(17)21(15)23(3,4)22-16(2)12-14-18-8-6-10-20(18)22/h5-8,11-14H,9-10H2,1-4H3. The van der Waals surface area contributed by atoms with E-state index in [0.717, 1.165) is 12.8 Å². The first-order valence-corrected chi connectivity index (χ1v) is 11.6. The van der Waals surface area contributed by atoms with Crippen LogP contribution in [0.2, 0.25) is 13.1 Å². The molecule has 0 spiro atoms. The minimum atomic E-state index is -1.74. The Labute approximate surface area is 140 Å². The van der Waals surface area contributed by atoms with Crippen molar-refractivity contribution in [3.05, 3.63) is 69.8 Å². The van der Waals surface area contributed by atoms with Gasteiger partial charge in [-0.1, -0.05) is 72.8 Å². The van der Waals surface area contributed by atoms with Crippen LogP contribution in [0.15, 0.2) is 36.4 Å². The second-order valence-electron chi connectivity index (χ2n) is 7.49. The van der Waals surface area contributed by atoms with Crippen molar-refractivity contribution in [1.29, 1.82) is 0 Å². The minimum Gasteiger partial charge on any atom is -0.0795 e. The lowest BCUT2D eigenvalue weighted by Gasteiger charge is -2.32. The average Bonchev–Trinajstić information content (AvgIpc) is 3.14. The van der Waals surface area contributed by atoms with E-state index in [2.05, 4.69) is 75.5 Å². The molecule has 0 amide bonds. The predicted molar refractivity (Wildman–Crippen MR) is 105 cm³/mol. The third-order valence-corrected chi connectivity index (χ3v) is 9.50. The Hall–Kier alpha value is -1.86. The van der Waals surface area contributed by atoms with Crippen LogP contribution in [0.5, 0.6) is 0 Å². The van der Waals surface area contributed by atoms with Gasteiger partial charge >= 0.3 is 0 Å². The van der Waals surface area contributed by atoms with Gasteiger partial charge in [0.15, 0.2) is 0 Å². The summed E-state index contributed by atoms with van der Waals surface area (Å²) in [6.45, 7) is 9.71. The lowest BCUT2D eigenvalue weighted by atomic mass is 10.1. The summed E-state index contributed by atoms with van der Waals surface area (Å²) >= 11 is 0. The number of allylic oxidation sites excluding steroid dienone is 2. The molecule has 0 N–H and O–H groups in total. The Bertz CT molecular complexity index is 795. The summed E-state index contributed by atoms with van der Waals surface area (Å²) < 4.78 is 0. The van der Waals surface area contributed by atoms with Gasteiger partial charge in [-0.15, -0.1) is 0 Å². The quantitative estimate of drug-likeness (QED) is 0.726. The van der Waals surface area contributed by atoms with E-state index in [1.807, 2.05) is 0 Å². The molecule has 0 saturated heterocycles. The van der Waals surface area contributed by atoms with Gasteiger partial charge < -0.3 is 0 Å². The van der Waals surface area contributed by atoms with Crippen LogP contribution in [0, 0.1) is 13.8 Å². The van der Waals surface area contributed by atoms with Crippen LogP contribution in [0.3, 0.4) is 0 Å². The molecule has 0 unspecified atom stereocenters. The van der Waals surface area contributed by atoms with Crippen molar-refractivity contribution in [2.75, 3.05) is 0 Å². The molecule has 0 heterocycles. The van der Waals surface area contributed by atoms with Gasteiger partial charge in [0, 0.05) is 0 Å². The predicted octanol–water partition coefficient (Wildman–Crippen LogP) is 4.26. The number of hydrogen-bond donors (Lipinski definition) is 0. The van der Waals surface area contributed by atoms with Gasteiger partial charge in [0.1, 0.15) is 8.07 Å². The third kappa shape index (κ3) is 2.10. The molecule has 2 aliphatic carbocycles. The Balaban J connectivity index is 1.98. The molecule has 23 heavy (non-hydrogen) atoms. The van der Waals surface area contributed by atoms with Gasteiger partial charge in [-0.3, -0.25) is 0 Å². The van der Waals surface area contributed by atoms with E-state index in [4.69, 9.17) is 0 Å². The van der Waals surface area contributed by atoms with Crippen molar-refractivity contribution < 1.29 is 0 Å². The molecule has 4 rings (SSSR count). The van der Waals surface area contributed by atoms with Crippen LogP contribution in [0.25, 0.3) is 12.2 Å². The molecule has 2 aromatic rings. The molecule has 0 atom stereocenters. The monoisotopic (exact) mass is 316 g/mol. The normalized spacial score (nSPS) is 15.1. The molecular weight excluding hydrogens is 292 g/mol. The number of rotatable bonds is 2. The zero-order chi connectivity index (χ0) is 16.2. The molecule has 0 saturated carbocycles. The lowest BCUT2D eigenvalue weighted by molar-refractivity contribution is 1.28. The minimum absolute atomic E-state index is 1.11. The van der Waals surface area contributed by atoms with E-state index in [1.54, 1.807) is 21.5 Å². The fraction of sp³-hybridized carbons (Fsp3) is 0.273. The van der Waals surface area contributed by atoms with E-state index < -0.39 is 8.07 Å². The molecule has 0 fully saturated rings. The second-order valence-corrected chi connectivity index (χ2v) is 11.7. The SMILES string of the molecule is Cc1ccc2c(c1[Si](C)(C)c1c(C)ccc3c1CC=C3)CC=C2. The summed E-state index contributed by atoms with van der Waals surface area (Å²) in [5.74, 6) is 0. The van der Waals surface area contributed by atoms with Crippen LogP contribution in [-0.4, -0.2) is 8.07 Å². The van der Waals surface area contributed by atoms with Gasteiger partial charge in [-0.25, -0.2) is 0 Å². The third-order valence-electron chi connectivity index (χ3n) is 5.60. The molecule has 0 nitrogen and oxygen atoms in total. The van der Waals surface area contributed by atoms with Crippen LogP contribution in [0.4, 0.5) is 0 Å². The van der Waals surface area contributed by atoms with Crippen molar-refractivity contribution in [3.8, 4) is 0 Å². The number of benzene rings is 2. The van der Waals surface area contributed by atoms with Crippen molar-refractivity contribution in [3.63, 3.8) is 0 Å². The molecule has 116 valence electrons. The number of fused-ring (bicyclic) bond motifs is 2. The van der Waals surface area contributed by atoms with E-state index in [0.29, 0.717) is 0 Å². The molecule has 0 bridgehead atoms. The maximum atomic E-state index is 2.55. The fourth-order valence-electron chi connectivity index (χ4n) is 4.79. The summed E-state index contributed by atoms with van der Waals surface area (Å²) in [6.07, 6.45) is 11.5. The number of aryl methyl sites for hydroxylation is 2. The van der Waals surface area contributed by atoms with Crippen LogP contribution in [-0.2, 0) is 12.8 Å². The van der Waals surface area contributed by atoms with Crippen molar-refractivity contribution >= 4 is 30.6 Å². The highest BCUT2D eigenvalue weighted by molar-refractivity contribution is 7.01. The Morgan fingerprint density at radius 3 is 1.57 bits per heavy atom. The van der Waals surface area contributed by atoms with E-state index in [-0.39, 0.29) is 0 Å². The first-order valence-electron chi connectivity index (χ1n) is 8.59. The summed E-state index contributed by atoms with van der Waals surface area (Å²) in [4.78, 5) is 0. The Kier molecular flexibility index (Phi) is 3.24. The highest BCUT2D eigenvalue weighted by atomic mass is 28.3. The van der Waals surface area contributed by atoms with Crippen molar-refractivity contribution in [2.24, 2.45) is 0 Å². The molecule has 2 aromatic carbocycles. The summed E-state index contributed by atoms with van der Waals surface area (Å²) in [5, 5.41) is 3.34. The average molecular weight is 317 g/mol. The van der Waals surface area contributed by atoms with Crippen LogP contribution < -0.4 is 10.4 Å². The Morgan fingerprint density at radius 1 is 0.696 bits per heavy atom. The summed E-state index contributed by atoms with van der Waals surface area (Å²) in [6, 6.07) is 9.25. The molecule has 0 aromatic heterocycles. The smallest absolute Gasteiger partial charge is 0.0795 e. The van der Waals surface area contributed by atoms with Crippen LogP contribution in [0.1, 0.15) is 33.4 Å². The first kappa shape index (κ1) is 14.7. The highest BCUT2D eigenvalue weighted by Crippen LogP contribution is 2.26. The topological polar surface area (TPSA) is 0 Å². The molecule has 0 aliphatic heterocycles. The van der Waals surface area contributed by atoms with E-state index in [9.17, 15) is 0 Å². The summed E-state index contributed by atoms with van der Waals surface area (Å²) in [7, 11) is -1.74. The maximum Gasteiger partial charge on any atom is 0.113 e. The zero-order valence-electron chi connectivity index (χ0n) is 14.5. The second kappa shape index (κ2) is 5.07. The number of hydrogen-bond acceptors (Lipinski definition) is 0. The zero-order valence-corrected chi connectivity index (χ0v) is 15.5. The van der Waals surface area contributed by atoms with Crippen molar-refractivity contribution in [2.45, 2.75) is 39.8 Å². The van der Waals surface area contributed by atoms with E-state index in [1.165, 1.54) is 22.3 Å².